The Bertz CT molecular complexity index is 1100. The van der Waals surface area contributed by atoms with Gasteiger partial charge in [0, 0.05) is 12.6 Å². The molecule has 1 atom stereocenters. The number of nitrogens with one attached hydrogen (secondary N) is 1. The Hall–Kier alpha value is -3.47. The van der Waals surface area contributed by atoms with E-state index >= 15 is 0 Å². The first kappa shape index (κ1) is 17.9. The lowest BCUT2D eigenvalue weighted by molar-refractivity contribution is 0.0937. The quantitative estimate of drug-likeness (QED) is 0.562. The lowest BCUT2D eigenvalue weighted by atomic mass is 10.0. The van der Waals surface area contributed by atoms with Crippen molar-refractivity contribution in [3.05, 3.63) is 84.2 Å². The second-order valence-corrected chi connectivity index (χ2v) is 6.79. The second-order valence-electron chi connectivity index (χ2n) is 6.79. The third-order valence-corrected chi connectivity index (χ3v) is 4.90. The molecule has 0 aliphatic carbocycles. The van der Waals surface area contributed by atoms with Crippen LogP contribution >= 0.6 is 0 Å². The normalized spacial score (nSPS) is 12.1. The molecule has 2 aromatic carbocycles. The molecule has 4 rings (SSSR count). The number of carbonyl (C=O) groups excluding carboxylic acids is 1. The number of benzene rings is 2. The molecule has 2 aromatic heterocycles. The monoisotopic (exact) mass is 370 g/mol. The molecule has 5 nitrogen and oxygen atoms in total. The molecule has 28 heavy (non-hydrogen) atoms. The number of fused-ring (bicyclic) bond motifs is 1. The number of carbonyl (C=O) groups is 1. The van der Waals surface area contributed by atoms with Crippen LogP contribution in [0.3, 0.4) is 0 Å². The first-order valence-electron chi connectivity index (χ1n) is 9.40. The lowest BCUT2D eigenvalue weighted by Gasteiger charge is -2.18. The average molecular weight is 370 g/mol. The molecule has 1 amide bonds. The summed E-state index contributed by atoms with van der Waals surface area (Å²) >= 11 is 0. The third-order valence-electron chi connectivity index (χ3n) is 4.90. The van der Waals surface area contributed by atoms with Crippen molar-refractivity contribution in [3.63, 3.8) is 0 Å². The molecule has 0 bridgehead atoms. The van der Waals surface area contributed by atoms with E-state index in [1.807, 2.05) is 78.3 Å². The number of rotatable bonds is 5. The SMILES string of the molecule is CC[C@H](NC(=O)c1cc(-c2ccccc2)nc2c1ncn2C)c1ccccc1. The van der Waals surface area contributed by atoms with E-state index in [0.29, 0.717) is 16.7 Å². The highest BCUT2D eigenvalue weighted by atomic mass is 16.1. The molecule has 0 aliphatic rings. The van der Waals surface area contributed by atoms with Crippen molar-refractivity contribution in [2.75, 3.05) is 0 Å². The summed E-state index contributed by atoms with van der Waals surface area (Å²) in [6, 6.07) is 21.7. The van der Waals surface area contributed by atoms with E-state index in [9.17, 15) is 4.79 Å². The molecule has 2 heterocycles. The molecule has 140 valence electrons. The highest BCUT2D eigenvalue weighted by Crippen LogP contribution is 2.25. The molecule has 0 radical (unpaired) electrons. The zero-order valence-electron chi connectivity index (χ0n) is 16.0. The van der Waals surface area contributed by atoms with Gasteiger partial charge < -0.3 is 9.88 Å². The summed E-state index contributed by atoms with van der Waals surface area (Å²) in [4.78, 5) is 22.4. The molecule has 0 unspecified atom stereocenters. The van der Waals surface area contributed by atoms with Crippen LogP contribution in [0.15, 0.2) is 73.1 Å². The van der Waals surface area contributed by atoms with Gasteiger partial charge in [-0.1, -0.05) is 67.6 Å². The molecule has 0 saturated carbocycles. The van der Waals surface area contributed by atoms with Crippen LogP contribution in [0.4, 0.5) is 0 Å². The highest BCUT2D eigenvalue weighted by molar-refractivity contribution is 6.05. The van der Waals surface area contributed by atoms with Crippen LogP contribution in [0.5, 0.6) is 0 Å². The van der Waals surface area contributed by atoms with Crippen LogP contribution in [-0.2, 0) is 7.05 Å². The Balaban J connectivity index is 1.76. The Morgan fingerprint density at radius 3 is 2.43 bits per heavy atom. The van der Waals surface area contributed by atoms with Crippen molar-refractivity contribution in [2.45, 2.75) is 19.4 Å². The van der Waals surface area contributed by atoms with Gasteiger partial charge in [-0.25, -0.2) is 9.97 Å². The number of aromatic nitrogens is 3. The van der Waals surface area contributed by atoms with E-state index in [4.69, 9.17) is 4.98 Å². The van der Waals surface area contributed by atoms with Crippen molar-refractivity contribution < 1.29 is 4.79 Å². The summed E-state index contributed by atoms with van der Waals surface area (Å²) in [5, 5.41) is 3.16. The predicted octanol–water partition coefficient (Wildman–Crippen LogP) is 4.52. The van der Waals surface area contributed by atoms with Crippen LogP contribution in [-0.4, -0.2) is 20.4 Å². The number of amides is 1. The van der Waals surface area contributed by atoms with Crippen molar-refractivity contribution in [1.82, 2.24) is 19.9 Å². The van der Waals surface area contributed by atoms with Gasteiger partial charge in [-0.15, -0.1) is 0 Å². The van der Waals surface area contributed by atoms with Gasteiger partial charge >= 0.3 is 0 Å². The first-order valence-corrected chi connectivity index (χ1v) is 9.40. The smallest absolute Gasteiger partial charge is 0.254 e. The minimum Gasteiger partial charge on any atom is -0.345 e. The Morgan fingerprint density at radius 2 is 1.75 bits per heavy atom. The third kappa shape index (κ3) is 3.39. The Morgan fingerprint density at radius 1 is 1.07 bits per heavy atom. The number of hydrogen-bond acceptors (Lipinski definition) is 3. The fourth-order valence-corrected chi connectivity index (χ4v) is 3.37. The van der Waals surface area contributed by atoms with Crippen molar-refractivity contribution in [2.24, 2.45) is 7.05 Å². The standard InChI is InChI=1S/C23H22N4O/c1-3-19(16-10-6-4-7-11-16)26-23(28)18-14-20(17-12-8-5-9-13-17)25-22-21(18)24-15-27(22)2/h4-15,19H,3H2,1-2H3,(H,26,28)/t19-/m0/s1. The first-order chi connectivity index (χ1) is 13.7. The highest BCUT2D eigenvalue weighted by Gasteiger charge is 2.20. The van der Waals surface area contributed by atoms with Crippen LogP contribution in [0, 0.1) is 0 Å². The van der Waals surface area contributed by atoms with E-state index in [-0.39, 0.29) is 11.9 Å². The number of nitrogens with zero attached hydrogens (tertiary/aromatic N) is 3. The predicted molar refractivity (Wildman–Crippen MR) is 111 cm³/mol. The van der Waals surface area contributed by atoms with E-state index in [0.717, 1.165) is 23.2 Å². The van der Waals surface area contributed by atoms with Gasteiger partial charge in [-0.3, -0.25) is 4.79 Å². The molecule has 1 N–H and O–H groups in total. The Labute approximate surface area is 164 Å². The largest absolute Gasteiger partial charge is 0.345 e. The second kappa shape index (κ2) is 7.64. The summed E-state index contributed by atoms with van der Waals surface area (Å²) in [6.45, 7) is 2.07. The van der Waals surface area contributed by atoms with Crippen molar-refractivity contribution in [1.29, 1.82) is 0 Å². The fraction of sp³-hybridized carbons (Fsp3) is 0.174. The topological polar surface area (TPSA) is 59.8 Å². The van der Waals surface area contributed by atoms with Crippen molar-refractivity contribution >= 4 is 17.1 Å². The number of aryl methyl sites for hydroxylation is 1. The maximum atomic E-state index is 13.2. The van der Waals surface area contributed by atoms with Gasteiger partial charge in [-0.2, -0.15) is 0 Å². The zero-order valence-corrected chi connectivity index (χ0v) is 16.0. The summed E-state index contributed by atoms with van der Waals surface area (Å²) in [7, 11) is 1.89. The van der Waals surface area contributed by atoms with E-state index in [1.54, 1.807) is 6.33 Å². The molecule has 4 aromatic rings. The summed E-state index contributed by atoms with van der Waals surface area (Å²) in [5.74, 6) is -0.140. The van der Waals surface area contributed by atoms with Gasteiger partial charge in [0.1, 0.15) is 5.52 Å². The lowest BCUT2D eigenvalue weighted by Crippen LogP contribution is -2.28. The molecular formula is C23H22N4O. The molecule has 0 fully saturated rings. The number of hydrogen-bond donors (Lipinski definition) is 1. The fourth-order valence-electron chi connectivity index (χ4n) is 3.37. The molecule has 5 heteroatoms. The van der Waals surface area contributed by atoms with Gasteiger partial charge in [-0.05, 0) is 18.1 Å². The van der Waals surface area contributed by atoms with E-state index in [1.165, 1.54) is 0 Å². The van der Waals surface area contributed by atoms with Crippen molar-refractivity contribution in [3.8, 4) is 11.3 Å². The van der Waals surface area contributed by atoms with E-state index in [2.05, 4.69) is 17.2 Å². The maximum absolute atomic E-state index is 13.2. The number of pyridine rings is 1. The average Bonchev–Trinajstić information content (AvgIpc) is 3.13. The number of imidazole rings is 1. The Kier molecular flexibility index (Phi) is 4.89. The van der Waals surface area contributed by atoms with Crippen LogP contribution in [0.25, 0.3) is 22.4 Å². The van der Waals surface area contributed by atoms with Gasteiger partial charge in [0.15, 0.2) is 5.65 Å². The molecule has 0 aliphatic heterocycles. The zero-order chi connectivity index (χ0) is 19.5. The van der Waals surface area contributed by atoms with Gasteiger partial charge in [0.2, 0.25) is 0 Å². The molecule has 0 saturated heterocycles. The van der Waals surface area contributed by atoms with Gasteiger partial charge in [0.25, 0.3) is 5.91 Å². The van der Waals surface area contributed by atoms with E-state index < -0.39 is 0 Å². The summed E-state index contributed by atoms with van der Waals surface area (Å²) in [6.07, 6.45) is 2.50. The maximum Gasteiger partial charge on any atom is 0.254 e. The van der Waals surface area contributed by atoms with Gasteiger partial charge in [0.05, 0.1) is 23.6 Å². The molecule has 0 spiro atoms. The van der Waals surface area contributed by atoms with Crippen LogP contribution < -0.4 is 5.32 Å². The van der Waals surface area contributed by atoms with Crippen LogP contribution in [0.2, 0.25) is 0 Å². The summed E-state index contributed by atoms with van der Waals surface area (Å²) < 4.78 is 1.84. The van der Waals surface area contributed by atoms with Crippen LogP contribution in [0.1, 0.15) is 35.3 Å². The minimum atomic E-state index is -0.140. The minimum absolute atomic E-state index is 0.0548. The molecular weight excluding hydrogens is 348 g/mol. The summed E-state index contributed by atoms with van der Waals surface area (Å²) in [5.41, 5.74) is 4.66.